The number of aromatic amines is 1. The van der Waals surface area contributed by atoms with Crippen molar-refractivity contribution in [2.24, 2.45) is 0 Å². The number of amides is 1. The number of H-pyrrole nitrogens is 1. The predicted octanol–water partition coefficient (Wildman–Crippen LogP) is 4.04. The molecule has 0 saturated heterocycles. The number of nitrogens with one attached hydrogen (secondary N) is 2. The van der Waals surface area contributed by atoms with E-state index in [1.54, 1.807) is 43.5 Å². The molecular formula is C25H23N3O4S. The molecule has 1 heterocycles. The highest BCUT2D eigenvalue weighted by atomic mass is 32.1. The summed E-state index contributed by atoms with van der Waals surface area (Å²) in [5.74, 6) is 0.826. The van der Waals surface area contributed by atoms with Crippen molar-refractivity contribution in [3.8, 4) is 17.2 Å². The van der Waals surface area contributed by atoms with Gasteiger partial charge in [0, 0.05) is 18.2 Å². The summed E-state index contributed by atoms with van der Waals surface area (Å²) in [7, 11) is 3.06. The molecule has 7 nitrogen and oxygen atoms in total. The molecule has 0 unspecified atom stereocenters. The number of carbonyl (C=O) groups excluding carboxylic acids is 1. The molecule has 0 fully saturated rings. The van der Waals surface area contributed by atoms with Gasteiger partial charge in [-0.05, 0) is 54.5 Å². The van der Waals surface area contributed by atoms with Crippen molar-refractivity contribution in [2.45, 2.75) is 6.42 Å². The molecule has 3 aromatic carbocycles. The summed E-state index contributed by atoms with van der Waals surface area (Å²) >= 11 is 5.48. The number of methoxy groups -OCH3 is 2. The Morgan fingerprint density at radius 1 is 1.03 bits per heavy atom. The SMILES string of the molecule is COc1ccc(OC)c(-n2c(=S)[nH]c3cc(C(=O)NCCc4ccccc4)ccc3c2=O)c1. The van der Waals surface area contributed by atoms with Crippen LogP contribution in [-0.2, 0) is 6.42 Å². The summed E-state index contributed by atoms with van der Waals surface area (Å²) in [6, 6.07) is 20.0. The first-order chi connectivity index (χ1) is 16.0. The molecule has 0 aliphatic carbocycles. The fourth-order valence-electron chi connectivity index (χ4n) is 3.62. The van der Waals surface area contributed by atoms with Crippen LogP contribution in [-0.4, -0.2) is 36.2 Å². The Hall–Kier alpha value is -3.91. The summed E-state index contributed by atoms with van der Waals surface area (Å²) in [4.78, 5) is 29.0. The van der Waals surface area contributed by atoms with Crippen LogP contribution in [0.2, 0.25) is 0 Å². The van der Waals surface area contributed by atoms with Gasteiger partial charge in [0.1, 0.15) is 11.5 Å². The Morgan fingerprint density at radius 3 is 2.55 bits per heavy atom. The maximum atomic E-state index is 13.3. The lowest BCUT2D eigenvalue weighted by atomic mass is 10.1. The van der Waals surface area contributed by atoms with Crippen molar-refractivity contribution in [1.29, 1.82) is 0 Å². The van der Waals surface area contributed by atoms with Crippen molar-refractivity contribution in [3.63, 3.8) is 0 Å². The third-order valence-electron chi connectivity index (χ3n) is 5.33. The van der Waals surface area contributed by atoms with Crippen molar-refractivity contribution < 1.29 is 14.3 Å². The van der Waals surface area contributed by atoms with E-state index >= 15 is 0 Å². The number of aromatic nitrogens is 2. The molecular weight excluding hydrogens is 438 g/mol. The zero-order chi connectivity index (χ0) is 23.4. The van der Waals surface area contributed by atoms with Crippen LogP contribution in [0.4, 0.5) is 0 Å². The zero-order valence-corrected chi connectivity index (χ0v) is 19.1. The molecule has 168 valence electrons. The number of fused-ring (bicyclic) bond motifs is 1. The standard InChI is InChI=1S/C25H23N3O4S/c1-31-18-9-11-22(32-2)21(15-18)28-24(30)19-10-8-17(14-20(19)27-25(28)33)23(29)26-13-12-16-6-4-3-5-7-16/h3-11,14-15H,12-13H2,1-2H3,(H,26,29)(H,27,33). The predicted molar refractivity (Wildman–Crippen MR) is 130 cm³/mol. The van der Waals surface area contributed by atoms with Crippen LogP contribution in [0.5, 0.6) is 11.5 Å². The van der Waals surface area contributed by atoms with E-state index in [0.717, 1.165) is 12.0 Å². The first kappa shape index (κ1) is 22.3. The van der Waals surface area contributed by atoms with Crippen molar-refractivity contribution in [3.05, 3.63) is 93.0 Å². The van der Waals surface area contributed by atoms with Crippen molar-refractivity contribution in [1.82, 2.24) is 14.9 Å². The summed E-state index contributed by atoms with van der Waals surface area (Å²) in [5, 5.41) is 3.31. The quantitative estimate of drug-likeness (QED) is 0.406. The smallest absolute Gasteiger partial charge is 0.266 e. The number of benzene rings is 3. The summed E-state index contributed by atoms with van der Waals surface area (Å²) in [6.45, 7) is 0.508. The number of hydrogen-bond acceptors (Lipinski definition) is 5. The lowest BCUT2D eigenvalue weighted by Gasteiger charge is -2.14. The molecule has 4 rings (SSSR count). The molecule has 0 spiro atoms. The third-order valence-corrected chi connectivity index (χ3v) is 5.61. The topological polar surface area (TPSA) is 85.3 Å². The van der Waals surface area contributed by atoms with Gasteiger partial charge in [-0.15, -0.1) is 0 Å². The van der Waals surface area contributed by atoms with Crippen LogP contribution in [0.25, 0.3) is 16.6 Å². The Labute approximate surface area is 195 Å². The second kappa shape index (κ2) is 9.70. The van der Waals surface area contributed by atoms with E-state index in [9.17, 15) is 9.59 Å². The molecule has 1 aromatic heterocycles. The van der Waals surface area contributed by atoms with Crippen LogP contribution in [0.15, 0.2) is 71.5 Å². The zero-order valence-electron chi connectivity index (χ0n) is 18.3. The van der Waals surface area contributed by atoms with Crippen molar-refractivity contribution in [2.75, 3.05) is 20.8 Å². The van der Waals surface area contributed by atoms with Gasteiger partial charge in [0.05, 0.1) is 30.8 Å². The number of carbonyl (C=O) groups is 1. The molecule has 0 bridgehead atoms. The van der Waals surface area contributed by atoms with E-state index in [4.69, 9.17) is 21.7 Å². The van der Waals surface area contributed by atoms with Crippen molar-refractivity contribution >= 4 is 29.0 Å². The highest BCUT2D eigenvalue weighted by Crippen LogP contribution is 2.27. The van der Waals surface area contributed by atoms with Gasteiger partial charge in [-0.1, -0.05) is 30.3 Å². The van der Waals surface area contributed by atoms with E-state index < -0.39 is 0 Å². The minimum absolute atomic E-state index is 0.181. The molecule has 2 N–H and O–H groups in total. The maximum Gasteiger partial charge on any atom is 0.266 e. The summed E-state index contributed by atoms with van der Waals surface area (Å²) in [5.41, 5.74) is 2.22. The largest absolute Gasteiger partial charge is 0.497 e. The lowest BCUT2D eigenvalue weighted by Crippen LogP contribution is -2.26. The number of nitrogens with zero attached hydrogens (tertiary/aromatic N) is 1. The third kappa shape index (κ3) is 4.65. The van der Waals surface area contributed by atoms with Gasteiger partial charge in [0.2, 0.25) is 0 Å². The fourth-order valence-corrected chi connectivity index (χ4v) is 3.91. The van der Waals surface area contributed by atoms with E-state index in [0.29, 0.717) is 40.2 Å². The van der Waals surface area contributed by atoms with Gasteiger partial charge in [-0.2, -0.15) is 0 Å². The average Bonchev–Trinajstić information content (AvgIpc) is 2.84. The monoisotopic (exact) mass is 461 g/mol. The molecule has 4 aromatic rings. The fraction of sp³-hybridized carbons (Fsp3) is 0.160. The molecule has 0 aliphatic rings. The molecule has 0 radical (unpaired) electrons. The summed E-state index contributed by atoms with van der Waals surface area (Å²) < 4.78 is 12.2. The van der Waals surface area contributed by atoms with E-state index in [1.165, 1.54) is 11.7 Å². The van der Waals surface area contributed by atoms with E-state index in [-0.39, 0.29) is 16.2 Å². The Kier molecular flexibility index (Phi) is 6.55. The van der Waals surface area contributed by atoms with Crippen LogP contribution in [0.3, 0.4) is 0 Å². The van der Waals surface area contributed by atoms with Crippen LogP contribution in [0.1, 0.15) is 15.9 Å². The molecule has 33 heavy (non-hydrogen) atoms. The van der Waals surface area contributed by atoms with Crippen LogP contribution in [0, 0.1) is 4.77 Å². The minimum atomic E-state index is -0.323. The number of ether oxygens (including phenoxy) is 2. The Balaban J connectivity index is 1.65. The second-order valence-corrected chi connectivity index (χ2v) is 7.75. The highest BCUT2D eigenvalue weighted by molar-refractivity contribution is 7.71. The highest BCUT2D eigenvalue weighted by Gasteiger charge is 2.15. The number of hydrogen-bond donors (Lipinski definition) is 2. The van der Waals surface area contributed by atoms with Gasteiger partial charge in [0.15, 0.2) is 4.77 Å². The molecule has 0 aliphatic heterocycles. The van der Waals surface area contributed by atoms with Crippen LogP contribution >= 0.6 is 12.2 Å². The minimum Gasteiger partial charge on any atom is -0.497 e. The molecule has 0 atom stereocenters. The molecule has 0 saturated carbocycles. The van der Waals surface area contributed by atoms with Gasteiger partial charge < -0.3 is 19.8 Å². The molecule has 1 amide bonds. The van der Waals surface area contributed by atoms with E-state index in [2.05, 4.69) is 10.3 Å². The number of rotatable bonds is 7. The summed E-state index contributed by atoms with van der Waals surface area (Å²) in [6.07, 6.45) is 0.732. The molecule has 8 heteroatoms. The van der Waals surface area contributed by atoms with Gasteiger partial charge in [-0.3, -0.25) is 9.59 Å². The normalized spacial score (nSPS) is 10.7. The van der Waals surface area contributed by atoms with Gasteiger partial charge >= 0.3 is 0 Å². The first-order valence-corrected chi connectivity index (χ1v) is 10.8. The van der Waals surface area contributed by atoms with Gasteiger partial charge in [-0.25, -0.2) is 4.57 Å². The lowest BCUT2D eigenvalue weighted by molar-refractivity contribution is 0.0954. The van der Waals surface area contributed by atoms with Gasteiger partial charge in [0.25, 0.3) is 11.5 Å². The Bertz CT molecular complexity index is 1430. The Morgan fingerprint density at radius 2 is 1.82 bits per heavy atom. The van der Waals surface area contributed by atoms with E-state index in [1.807, 2.05) is 30.3 Å². The van der Waals surface area contributed by atoms with Crippen LogP contribution < -0.4 is 20.3 Å². The second-order valence-electron chi connectivity index (χ2n) is 7.36. The first-order valence-electron chi connectivity index (χ1n) is 10.4. The maximum absolute atomic E-state index is 13.3. The average molecular weight is 462 g/mol.